The van der Waals surface area contributed by atoms with Crippen molar-refractivity contribution in [2.24, 2.45) is 5.92 Å². The Morgan fingerprint density at radius 1 is 1.31 bits per heavy atom. The third-order valence-electron chi connectivity index (χ3n) is 2.79. The largest absolute Gasteiger partial charge is 0.323 e. The Labute approximate surface area is 80.7 Å². The maximum absolute atomic E-state index is 11.6. The molecule has 0 aromatic carbocycles. The van der Waals surface area contributed by atoms with E-state index >= 15 is 0 Å². The molecule has 1 fully saturated rings. The first-order chi connectivity index (χ1) is 6.19. The Bertz CT molecular complexity index is 182. The summed E-state index contributed by atoms with van der Waals surface area (Å²) in [6.07, 6.45) is 1.15. The van der Waals surface area contributed by atoms with Crippen LogP contribution in [0, 0.1) is 5.92 Å². The standard InChI is InChI=1S/C10H20N2O/c1-4-9(3)8-12-7-6-11(5-2)10(12)13/h9H,4-8H2,1-3H3. The minimum atomic E-state index is 0.225. The second kappa shape index (κ2) is 4.49. The van der Waals surface area contributed by atoms with Crippen LogP contribution < -0.4 is 0 Å². The number of amides is 2. The summed E-state index contributed by atoms with van der Waals surface area (Å²) in [5, 5.41) is 0. The van der Waals surface area contributed by atoms with Crippen LogP contribution in [0.3, 0.4) is 0 Å². The van der Waals surface area contributed by atoms with Crippen molar-refractivity contribution in [2.45, 2.75) is 27.2 Å². The summed E-state index contributed by atoms with van der Waals surface area (Å²) in [5.41, 5.74) is 0. The number of rotatable bonds is 4. The third kappa shape index (κ3) is 2.36. The molecular weight excluding hydrogens is 164 g/mol. The molecule has 1 atom stereocenters. The van der Waals surface area contributed by atoms with Gasteiger partial charge in [-0.15, -0.1) is 0 Å². The molecule has 3 heteroatoms. The lowest BCUT2D eigenvalue weighted by Gasteiger charge is -2.20. The zero-order valence-electron chi connectivity index (χ0n) is 8.92. The van der Waals surface area contributed by atoms with Crippen molar-refractivity contribution in [1.82, 2.24) is 9.80 Å². The molecule has 0 aromatic rings. The molecule has 1 rings (SSSR count). The fourth-order valence-corrected chi connectivity index (χ4v) is 1.60. The number of carbonyl (C=O) groups excluding carboxylic acids is 1. The second-order valence-electron chi connectivity index (χ2n) is 3.82. The molecule has 3 nitrogen and oxygen atoms in total. The van der Waals surface area contributed by atoms with Gasteiger partial charge in [0.2, 0.25) is 0 Å². The number of likely N-dealkylation sites (N-methyl/N-ethyl adjacent to an activating group) is 1. The van der Waals surface area contributed by atoms with Gasteiger partial charge in [0.1, 0.15) is 0 Å². The normalized spacial score (nSPS) is 19.8. The SMILES string of the molecule is CCC(C)CN1CCN(CC)C1=O. The van der Waals surface area contributed by atoms with Crippen molar-refractivity contribution in [3.05, 3.63) is 0 Å². The van der Waals surface area contributed by atoms with Gasteiger partial charge >= 0.3 is 6.03 Å². The highest BCUT2D eigenvalue weighted by atomic mass is 16.2. The van der Waals surface area contributed by atoms with E-state index in [1.54, 1.807) is 0 Å². The summed E-state index contributed by atoms with van der Waals surface area (Å²) < 4.78 is 0. The zero-order valence-corrected chi connectivity index (χ0v) is 8.92. The van der Waals surface area contributed by atoms with Gasteiger partial charge in [-0.1, -0.05) is 20.3 Å². The summed E-state index contributed by atoms with van der Waals surface area (Å²) >= 11 is 0. The van der Waals surface area contributed by atoms with Crippen LogP contribution in [0.25, 0.3) is 0 Å². The smallest absolute Gasteiger partial charge is 0.320 e. The van der Waals surface area contributed by atoms with E-state index in [0.29, 0.717) is 5.92 Å². The van der Waals surface area contributed by atoms with Crippen LogP contribution in [0.15, 0.2) is 0 Å². The van der Waals surface area contributed by atoms with Crippen LogP contribution in [0.1, 0.15) is 27.2 Å². The highest BCUT2D eigenvalue weighted by Gasteiger charge is 2.27. The maximum atomic E-state index is 11.6. The summed E-state index contributed by atoms with van der Waals surface area (Å²) in [6.45, 7) is 9.99. The minimum Gasteiger partial charge on any atom is -0.323 e. The Morgan fingerprint density at radius 3 is 2.38 bits per heavy atom. The molecule has 1 saturated heterocycles. The lowest BCUT2D eigenvalue weighted by Crippen LogP contribution is -2.34. The van der Waals surface area contributed by atoms with E-state index in [2.05, 4.69) is 13.8 Å². The molecule has 1 heterocycles. The molecule has 2 amide bonds. The van der Waals surface area contributed by atoms with E-state index in [1.165, 1.54) is 0 Å². The van der Waals surface area contributed by atoms with Gasteiger partial charge in [0, 0.05) is 26.2 Å². The van der Waals surface area contributed by atoms with Crippen molar-refractivity contribution < 1.29 is 4.79 Å². The van der Waals surface area contributed by atoms with Crippen molar-refractivity contribution in [2.75, 3.05) is 26.2 Å². The molecule has 76 valence electrons. The monoisotopic (exact) mass is 184 g/mol. The Kier molecular flexibility index (Phi) is 3.58. The van der Waals surface area contributed by atoms with E-state index in [-0.39, 0.29) is 6.03 Å². The lowest BCUT2D eigenvalue weighted by atomic mass is 10.1. The first-order valence-corrected chi connectivity index (χ1v) is 5.22. The number of hydrogen-bond donors (Lipinski definition) is 0. The summed E-state index contributed by atoms with van der Waals surface area (Å²) in [5.74, 6) is 0.626. The second-order valence-corrected chi connectivity index (χ2v) is 3.82. The van der Waals surface area contributed by atoms with E-state index in [0.717, 1.165) is 32.6 Å². The van der Waals surface area contributed by atoms with Crippen LogP contribution >= 0.6 is 0 Å². The summed E-state index contributed by atoms with van der Waals surface area (Å²) in [6, 6.07) is 0.225. The Morgan fingerprint density at radius 2 is 1.92 bits per heavy atom. The first-order valence-electron chi connectivity index (χ1n) is 5.22. The predicted octanol–water partition coefficient (Wildman–Crippen LogP) is 1.79. The van der Waals surface area contributed by atoms with Crippen molar-refractivity contribution in [3.8, 4) is 0 Å². The number of nitrogens with zero attached hydrogens (tertiary/aromatic N) is 2. The topological polar surface area (TPSA) is 23.6 Å². The molecule has 0 saturated carbocycles. The first kappa shape index (κ1) is 10.4. The molecule has 0 bridgehead atoms. The number of hydrogen-bond acceptors (Lipinski definition) is 1. The van der Waals surface area contributed by atoms with Crippen LogP contribution in [-0.2, 0) is 0 Å². The highest BCUT2D eigenvalue weighted by Crippen LogP contribution is 2.12. The predicted molar refractivity (Wildman–Crippen MR) is 53.7 cm³/mol. The molecule has 0 N–H and O–H groups in total. The highest BCUT2D eigenvalue weighted by molar-refractivity contribution is 5.76. The molecule has 0 spiro atoms. The van der Waals surface area contributed by atoms with Gasteiger partial charge in [-0.25, -0.2) is 4.79 Å². The van der Waals surface area contributed by atoms with Gasteiger partial charge in [0.15, 0.2) is 0 Å². The van der Waals surface area contributed by atoms with Crippen molar-refractivity contribution >= 4 is 6.03 Å². The van der Waals surface area contributed by atoms with Gasteiger partial charge < -0.3 is 9.80 Å². The molecule has 1 aliphatic rings. The average Bonchev–Trinajstić information content (AvgIpc) is 2.48. The Balaban J connectivity index is 2.41. The summed E-state index contributed by atoms with van der Waals surface area (Å²) in [7, 11) is 0. The maximum Gasteiger partial charge on any atom is 0.320 e. The molecule has 13 heavy (non-hydrogen) atoms. The van der Waals surface area contributed by atoms with Gasteiger partial charge in [-0.05, 0) is 12.8 Å². The van der Waals surface area contributed by atoms with Crippen LogP contribution in [0.4, 0.5) is 4.79 Å². The van der Waals surface area contributed by atoms with Crippen molar-refractivity contribution in [1.29, 1.82) is 0 Å². The number of carbonyl (C=O) groups is 1. The van der Waals surface area contributed by atoms with E-state index in [4.69, 9.17) is 0 Å². The third-order valence-corrected chi connectivity index (χ3v) is 2.79. The fraction of sp³-hybridized carbons (Fsp3) is 0.900. The molecule has 1 unspecified atom stereocenters. The average molecular weight is 184 g/mol. The van der Waals surface area contributed by atoms with Gasteiger partial charge in [-0.3, -0.25) is 0 Å². The van der Waals surface area contributed by atoms with Gasteiger partial charge in [0.05, 0.1) is 0 Å². The quantitative estimate of drug-likeness (QED) is 0.653. The molecule has 1 aliphatic heterocycles. The fourth-order valence-electron chi connectivity index (χ4n) is 1.60. The summed E-state index contributed by atoms with van der Waals surface area (Å²) in [4.78, 5) is 15.5. The van der Waals surface area contributed by atoms with Gasteiger partial charge in [-0.2, -0.15) is 0 Å². The number of urea groups is 1. The van der Waals surface area contributed by atoms with Crippen molar-refractivity contribution in [3.63, 3.8) is 0 Å². The van der Waals surface area contributed by atoms with E-state index < -0.39 is 0 Å². The minimum absolute atomic E-state index is 0.225. The van der Waals surface area contributed by atoms with E-state index in [9.17, 15) is 4.79 Å². The van der Waals surface area contributed by atoms with Crippen LogP contribution in [0.5, 0.6) is 0 Å². The van der Waals surface area contributed by atoms with Gasteiger partial charge in [0.25, 0.3) is 0 Å². The van der Waals surface area contributed by atoms with E-state index in [1.807, 2.05) is 16.7 Å². The van der Waals surface area contributed by atoms with Crippen LogP contribution in [0.2, 0.25) is 0 Å². The molecular formula is C10H20N2O. The van der Waals surface area contributed by atoms with Crippen LogP contribution in [-0.4, -0.2) is 42.0 Å². The Hall–Kier alpha value is -0.730. The molecule has 0 radical (unpaired) electrons. The zero-order chi connectivity index (χ0) is 9.84. The molecule has 0 aromatic heterocycles. The molecule has 0 aliphatic carbocycles. The lowest BCUT2D eigenvalue weighted by molar-refractivity contribution is 0.188.